The highest BCUT2D eigenvalue weighted by Crippen LogP contribution is 2.63. The number of carbonyl (C=O) groups is 2. The van der Waals surface area contributed by atoms with Crippen LogP contribution in [-0.2, 0) is 16.1 Å². The van der Waals surface area contributed by atoms with Crippen molar-refractivity contribution in [1.82, 2.24) is 14.9 Å². The summed E-state index contributed by atoms with van der Waals surface area (Å²) in [4.78, 5) is 34.6. The van der Waals surface area contributed by atoms with E-state index < -0.39 is 0 Å². The number of likely N-dealkylation sites (tertiary alicyclic amines) is 1. The molecule has 0 aromatic carbocycles. The van der Waals surface area contributed by atoms with E-state index in [1.807, 2.05) is 33.8 Å². The Hall–Kier alpha value is -1.98. The number of piperidine rings is 1. The van der Waals surface area contributed by atoms with E-state index in [4.69, 9.17) is 0 Å². The molecule has 1 aliphatic heterocycles. The molecule has 1 aromatic rings. The molecule has 0 radical (unpaired) electrons. The lowest BCUT2D eigenvalue weighted by molar-refractivity contribution is -0.143. The highest BCUT2D eigenvalue weighted by molar-refractivity contribution is 6.10. The first kappa shape index (κ1) is 14.0. The molecule has 3 rings (SSSR count). The summed E-state index contributed by atoms with van der Waals surface area (Å²) in [5.74, 6) is 0.776. The summed E-state index contributed by atoms with van der Waals surface area (Å²) in [5.41, 5.74) is 0.646. The zero-order valence-corrected chi connectivity index (χ0v) is 12.8. The van der Waals surface area contributed by atoms with Crippen LogP contribution in [0.5, 0.6) is 0 Å². The van der Waals surface area contributed by atoms with Gasteiger partial charge >= 0.3 is 0 Å². The van der Waals surface area contributed by atoms with Crippen LogP contribution in [0.2, 0.25) is 0 Å². The first-order valence-corrected chi connectivity index (χ1v) is 7.30. The average Bonchev–Trinajstić information content (AvgIpc) is 2.86. The van der Waals surface area contributed by atoms with Gasteiger partial charge in [0.2, 0.25) is 11.8 Å². The summed E-state index contributed by atoms with van der Waals surface area (Å²) in [6, 6.07) is 1.85. The molecule has 6 nitrogen and oxygen atoms in total. The third kappa shape index (κ3) is 2.09. The van der Waals surface area contributed by atoms with Gasteiger partial charge in [0, 0.05) is 18.3 Å². The fourth-order valence-corrected chi connectivity index (χ4v) is 3.27. The highest BCUT2D eigenvalue weighted by atomic mass is 16.2. The Morgan fingerprint density at radius 1 is 1.24 bits per heavy atom. The molecule has 1 N–H and O–H groups in total. The van der Waals surface area contributed by atoms with Gasteiger partial charge in [-0.25, -0.2) is 9.97 Å². The second kappa shape index (κ2) is 4.51. The first-order chi connectivity index (χ1) is 9.86. The molecule has 2 atom stereocenters. The van der Waals surface area contributed by atoms with Gasteiger partial charge in [0.25, 0.3) is 0 Å². The quantitative estimate of drug-likeness (QED) is 0.847. The number of hydrogen-bond acceptors (Lipinski definition) is 5. The molecule has 0 spiro atoms. The van der Waals surface area contributed by atoms with E-state index >= 15 is 0 Å². The molecular formula is C15H20N4O2. The molecule has 0 bridgehead atoms. The van der Waals surface area contributed by atoms with Crippen molar-refractivity contribution in [2.24, 2.45) is 17.3 Å². The van der Waals surface area contributed by atoms with Crippen molar-refractivity contribution in [2.45, 2.75) is 34.2 Å². The second-order valence-corrected chi connectivity index (χ2v) is 6.38. The Labute approximate surface area is 124 Å². The van der Waals surface area contributed by atoms with Crippen molar-refractivity contribution < 1.29 is 9.59 Å². The van der Waals surface area contributed by atoms with E-state index in [2.05, 4.69) is 15.3 Å². The Bertz CT molecular complexity index is 602. The van der Waals surface area contributed by atoms with Gasteiger partial charge in [-0.1, -0.05) is 13.8 Å². The molecule has 2 unspecified atom stereocenters. The second-order valence-electron chi connectivity index (χ2n) is 6.38. The minimum absolute atomic E-state index is 0.0786. The molecule has 2 fully saturated rings. The van der Waals surface area contributed by atoms with E-state index in [9.17, 15) is 9.59 Å². The van der Waals surface area contributed by atoms with E-state index in [1.165, 1.54) is 4.90 Å². The number of nitrogens with zero attached hydrogens (tertiary/aromatic N) is 3. The lowest BCUT2D eigenvalue weighted by atomic mass is 10.1. The van der Waals surface area contributed by atoms with Crippen LogP contribution in [0.25, 0.3) is 0 Å². The molecule has 112 valence electrons. The third-order valence-corrected chi connectivity index (χ3v) is 4.45. The largest absolute Gasteiger partial charge is 0.370 e. The molecule has 1 aliphatic carbocycles. The number of hydrogen-bond donors (Lipinski definition) is 1. The predicted molar refractivity (Wildman–Crippen MR) is 77.3 cm³/mol. The van der Waals surface area contributed by atoms with Crippen LogP contribution in [0.1, 0.15) is 32.3 Å². The molecule has 2 aliphatic rings. The van der Waals surface area contributed by atoms with Crippen LogP contribution in [0.4, 0.5) is 5.82 Å². The normalized spacial score (nSPS) is 26.0. The van der Waals surface area contributed by atoms with E-state index in [-0.39, 0.29) is 35.6 Å². The minimum Gasteiger partial charge on any atom is -0.370 e. The average molecular weight is 288 g/mol. The minimum atomic E-state index is -0.174. The van der Waals surface area contributed by atoms with Gasteiger partial charge in [-0.05, 0) is 19.3 Å². The monoisotopic (exact) mass is 288 g/mol. The maximum Gasteiger partial charge on any atom is 0.234 e. The number of amides is 2. The zero-order chi connectivity index (χ0) is 15.4. The van der Waals surface area contributed by atoms with Gasteiger partial charge in [-0.3, -0.25) is 14.5 Å². The standard InChI is InChI=1S/C15H20N4O2/c1-5-16-9-6-8(2)17-10(18-9)7-19-13(20)11-12(14(19)21)15(11,3)4/h6,11-12H,5,7H2,1-4H3,(H,16,17,18). The summed E-state index contributed by atoms with van der Waals surface area (Å²) < 4.78 is 0. The molecule has 1 saturated carbocycles. The van der Waals surface area contributed by atoms with Gasteiger partial charge < -0.3 is 5.32 Å². The van der Waals surface area contributed by atoms with Gasteiger partial charge in [-0.2, -0.15) is 0 Å². The van der Waals surface area contributed by atoms with Crippen LogP contribution in [0, 0.1) is 24.2 Å². The first-order valence-electron chi connectivity index (χ1n) is 7.30. The SMILES string of the molecule is CCNc1cc(C)nc(CN2C(=O)C3C(C2=O)C3(C)C)n1. The molecule has 2 heterocycles. The van der Waals surface area contributed by atoms with Crippen molar-refractivity contribution in [3.05, 3.63) is 17.6 Å². The van der Waals surface area contributed by atoms with Gasteiger partial charge in [-0.15, -0.1) is 0 Å². The number of carbonyl (C=O) groups excluding carboxylic acids is 2. The fraction of sp³-hybridized carbons (Fsp3) is 0.600. The number of rotatable bonds is 4. The topological polar surface area (TPSA) is 75.2 Å². The molecule has 2 amide bonds. The molecule has 1 aromatic heterocycles. The number of imide groups is 1. The summed E-state index contributed by atoms with van der Waals surface area (Å²) in [7, 11) is 0. The summed E-state index contributed by atoms with van der Waals surface area (Å²) in [6.07, 6.45) is 0. The number of fused-ring (bicyclic) bond motifs is 1. The van der Waals surface area contributed by atoms with Gasteiger partial charge in [0.05, 0.1) is 18.4 Å². The van der Waals surface area contributed by atoms with Gasteiger partial charge in [0.1, 0.15) is 5.82 Å². The van der Waals surface area contributed by atoms with Crippen LogP contribution in [-0.4, -0.2) is 33.2 Å². The molecular weight excluding hydrogens is 268 g/mol. The summed E-state index contributed by atoms with van der Waals surface area (Å²) in [5, 5.41) is 3.13. The van der Waals surface area contributed by atoms with Crippen LogP contribution in [0.15, 0.2) is 6.07 Å². The van der Waals surface area contributed by atoms with Crippen molar-refractivity contribution in [1.29, 1.82) is 0 Å². The maximum absolute atomic E-state index is 12.3. The van der Waals surface area contributed by atoms with Crippen LogP contribution in [0.3, 0.4) is 0 Å². The predicted octanol–water partition coefficient (Wildman–Crippen LogP) is 1.36. The van der Waals surface area contributed by atoms with E-state index in [0.717, 1.165) is 18.1 Å². The zero-order valence-electron chi connectivity index (χ0n) is 12.8. The highest BCUT2D eigenvalue weighted by Gasteiger charge is 2.72. The Balaban J connectivity index is 1.79. The lowest BCUT2D eigenvalue weighted by Crippen LogP contribution is -2.36. The number of nitrogens with one attached hydrogen (secondary N) is 1. The number of aryl methyl sites for hydroxylation is 1. The van der Waals surface area contributed by atoms with Crippen molar-refractivity contribution >= 4 is 17.6 Å². The summed E-state index contributed by atoms with van der Waals surface area (Å²) in [6.45, 7) is 8.74. The number of aromatic nitrogens is 2. The molecule has 21 heavy (non-hydrogen) atoms. The maximum atomic E-state index is 12.3. The summed E-state index contributed by atoms with van der Waals surface area (Å²) >= 11 is 0. The van der Waals surface area contributed by atoms with Crippen molar-refractivity contribution in [3.8, 4) is 0 Å². The third-order valence-electron chi connectivity index (χ3n) is 4.45. The van der Waals surface area contributed by atoms with Crippen molar-refractivity contribution in [2.75, 3.05) is 11.9 Å². The Morgan fingerprint density at radius 3 is 2.43 bits per heavy atom. The van der Waals surface area contributed by atoms with Crippen LogP contribution < -0.4 is 5.32 Å². The Kier molecular flexibility index (Phi) is 3.00. The molecule has 6 heteroatoms. The smallest absolute Gasteiger partial charge is 0.234 e. The van der Waals surface area contributed by atoms with Crippen LogP contribution >= 0.6 is 0 Å². The van der Waals surface area contributed by atoms with E-state index in [1.54, 1.807) is 0 Å². The van der Waals surface area contributed by atoms with Crippen molar-refractivity contribution in [3.63, 3.8) is 0 Å². The molecule has 1 saturated heterocycles. The Morgan fingerprint density at radius 2 is 1.86 bits per heavy atom. The lowest BCUT2D eigenvalue weighted by Gasteiger charge is -2.20. The fourth-order valence-electron chi connectivity index (χ4n) is 3.27. The number of anilines is 1. The van der Waals surface area contributed by atoms with Gasteiger partial charge in [0.15, 0.2) is 5.82 Å². The van der Waals surface area contributed by atoms with E-state index in [0.29, 0.717) is 5.82 Å².